The standard InChI is InChI=1S/C12H22/c1-10(9-12-7-8-12)5-6-11-3-2-4-11/h10-12H,2-9H2,1H3. The molecule has 2 fully saturated rings. The molecule has 2 aliphatic rings. The van der Waals surface area contributed by atoms with Crippen molar-refractivity contribution in [3.05, 3.63) is 0 Å². The first-order valence-corrected chi connectivity index (χ1v) is 5.84. The van der Waals surface area contributed by atoms with Gasteiger partial charge in [-0.15, -0.1) is 0 Å². The van der Waals surface area contributed by atoms with Crippen molar-refractivity contribution in [2.75, 3.05) is 0 Å². The highest BCUT2D eigenvalue weighted by molar-refractivity contribution is 4.76. The Morgan fingerprint density at radius 1 is 1.08 bits per heavy atom. The highest BCUT2D eigenvalue weighted by atomic mass is 14.3. The minimum Gasteiger partial charge on any atom is -0.0625 e. The van der Waals surface area contributed by atoms with Gasteiger partial charge in [0.2, 0.25) is 0 Å². The van der Waals surface area contributed by atoms with E-state index in [2.05, 4.69) is 6.92 Å². The van der Waals surface area contributed by atoms with Crippen molar-refractivity contribution in [3.8, 4) is 0 Å². The van der Waals surface area contributed by atoms with Crippen molar-refractivity contribution in [3.63, 3.8) is 0 Å². The molecule has 0 heterocycles. The van der Waals surface area contributed by atoms with Crippen molar-refractivity contribution >= 4 is 0 Å². The van der Waals surface area contributed by atoms with Crippen LogP contribution in [0.2, 0.25) is 0 Å². The molecule has 0 nitrogen and oxygen atoms in total. The third-order valence-corrected chi connectivity index (χ3v) is 3.73. The zero-order chi connectivity index (χ0) is 8.39. The summed E-state index contributed by atoms with van der Waals surface area (Å²) >= 11 is 0. The van der Waals surface area contributed by atoms with Crippen LogP contribution in [-0.4, -0.2) is 0 Å². The SMILES string of the molecule is CC(CCC1CCC1)CC1CC1. The molecule has 0 aromatic rings. The normalized spacial score (nSPS) is 26.8. The van der Waals surface area contributed by atoms with E-state index in [0.717, 1.165) is 17.8 Å². The Labute approximate surface area is 76.7 Å². The summed E-state index contributed by atoms with van der Waals surface area (Å²) in [5.41, 5.74) is 0. The van der Waals surface area contributed by atoms with Gasteiger partial charge in [-0.3, -0.25) is 0 Å². The van der Waals surface area contributed by atoms with Gasteiger partial charge in [0.15, 0.2) is 0 Å². The van der Waals surface area contributed by atoms with Crippen LogP contribution in [0.5, 0.6) is 0 Å². The molecule has 70 valence electrons. The van der Waals surface area contributed by atoms with Gasteiger partial charge in [-0.2, -0.15) is 0 Å². The smallest absolute Gasteiger partial charge is 0.0412 e. The summed E-state index contributed by atoms with van der Waals surface area (Å²) in [4.78, 5) is 0. The van der Waals surface area contributed by atoms with Crippen LogP contribution >= 0.6 is 0 Å². The Balaban J connectivity index is 1.51. The molecule has 0 N–H and O–H groups in total. The molecular weight excluding hydrogens is 144 g/mol. The van der Waals surface area contributed by atoms with E-state index in [1.807, 2.05) is 0 Å². The van der Waals surface area contributed by atoms with Crippen molar-refractivity contribution < 1.29 is 0 Å². The van der Waals surface area contributed by atoms with E-state index < -0.39 is 0 Å². The van der Waals surface area contributed by atoms with E-state index in [1.165, 1.54) is 51.4 Å². The Morgan fingerprint density at radius 2 is 1.83 bits per heavy atom. The summed E-state index contributed by atoms with van der Waals surface area (Å²) in [5, 5.41) is 0. The maximum atomic E-state index is 2.46. The Hall–Kier alpha value is 0. The lowest BCUT2D eigenvalue weighted by Crippen LogP contribution is -2.12. The second-order valence-electron chi connectivity index (χ2n) is 5.16. The average Bonchev–Trinajstić information content (AvgIpc) is 2.68. The third-order valence-electron chi connectivity index (χ3n) is 3.73. The average molecular weight is 166 g/mol. The van der Waals surface area contributed by atoms with Crippen LogP contribution in [0.25, 0.3) is 0 Å². The molecule has 1 unspecified atom stereocenters. The van der Waals surface area contributed by atoms with Crippen molar-refractivity contribution in [2.24, 2.45) is 17.8 Å². The summed E-state index contributed by atoms with van der Waals surface area (Å²) in [5.74, 6) is 3.30. The molecule has 0 spiro atoms. The largest absolute Gasteiger partial charge is 0.0625 e. The molecule has 2 saturated carbocycles. The van der Waals surface area contributed by atoms with Gasteiger partial charge in [0.05, 0.1) is 0 Å². The van der Waals surface area contributed by atoms with Gasteiger partial charge in [0.25, 0.3) is 0 Å². The van der Waals surface area contributed by atoms with Gasteiger partial charge in [-0.25, -0.2) is 0 Å². The van der Waals surface area contributed by atoms with Crippen LogP contribution < -0.4 is 0 Å². The predicted molar refractivity (Wildman–Crippen MR) is 53.1 cm³/mol. The molecule has 0 aliphatic heterocycles. The van der Waals surface area contributed by atoms with Crippen LogP contribution in [-0.2, 0) is 0 Å². The highest BCUT2D eigenvalue weighted by Crippen LogP contribution is 2.38. The monoisotopic (exact) mass is 166 g/mol. The lowest BCUT2D eigenvalue weighted by molar-refractivity contribution is 0.268. The number of rotatable bonds is 5. The molecule has 0 amide bonds. The molecule has 2 aliphatic carbocycles. The van der Waals surface area contributed by atoms with Crippen molar-refractivity contribution in [1.29, 1.82) is 0 Å². The van der Waals surface area contributed by atoms with Crippen LogP contribution in [0, 0.1) is 17.8 Å². The molecule has 12 heavy (non-hydrogen) atoms. The van der Waals surface area contributed by atoms with Gasteiger partial charge in [-0.05, 0) is 24.2 Å². The zero-order valence-corrected chi connectivity index (χ0v) is 8.39. The highest BCUT2D eigenvalue weighted by Gasteiger charge is 2.24. The number of hydrogen-bond acceptors (Lipinski definition) is 0. The van der Waals surface area contributed by atoms with Gasteiger partial charge < -0.3 is 0 Å². The fourth-order valence-electron chi connectivity index (χ4n) is 2.34. The van der Waals surface area contributed by atoms with E-state index in [1.54, 1.807) is 0 Å². The third kappa shape index (κ3) is 2.50. The molecule has 0 aromatic carbocycles. The first kappa shape index (κ1) is 8.59. The molecule has 0 radical (unpaired) electrons. The summed E-state index contributed by atoms with van der Waals surface area (Å²) in [6, 6.07) is 0. The Bertz CT molecular complexity index is 131. The van der Waals surface area contributed by atoms with E-state index in [-0.39, 0.29) is 0 Å². The summed E-state index contributed by atoms with van der Waals surface area (Å²) in [6.07, 6.45) is 12.2. The summed E-state index contributed by atoms with van der Waals surface area (Å²) in [7, 11) is 0. The maximum absolute atomic E-state index is 2.46. The lowest BCUT2D eigenvalue weighted by Gasteiger charge is -2.26. The van der Waals surface area contributed by atoms with E-state index in [0.29, 0.717) is 0 Å². The van der Waals surface area contributed by atoms with E-state index in [9.17, 15) is 0 Å². The van der Waals surface area contributed by atoms with Crippen molar-refractivity contribution in [2.45, 2.75) is 58.3 Å². The topological polar surface area (TPSA) is 0 Å². The van der Waals surface area contributed by atoms with Crippen molar-refractivity contribution in [1.82, 2.24) is 0 Å². The quantitative estimate of drug-likeness (QED) is 0.579. The molecule has 1 atom stereocenters. The van der Waals surface area contributed by atoms with Crippen LogP contribution in [0.15, 0.2) is 0 Å². The Morgan fingerprint density at radius 3 is 2.33 bits per heavy atom. The first-order chi connectivity index (χ1) is 5.84. The van der Waals surface area contributed by atoms with Crippen LogP contribution in [0.1, 0.15) is 58.3 Å². The second-order valence-corrected chi connectivity index (χ2v) is 5.16. The molecule has 2 rings (SSSR count). The fraction of sp³-hybridized carbons (Fsp3) is 1.00. The number of hydrogen-bond donors (Lipinski definition) is 0. The second kappa shape index (κ2) is 3.81. The fourth-order valence-corrected chi connectivity index (χ4v) is 2.34. The molecule has 0 heteroatoms. The van der Waals surface area contributed by atoms with E-state index >= 15 is 0 Å². The molecule has 0 bridgehead atoms. The zero-order valence-electron chi connectivity index (χ0n) is 8.39. The first-order valence-electron chi connectivity index (χ1n) is 5.84. The van der Waals surface area contributed by atoms with Gasteiger partial charge >= 0.3 is 0 Å². The van der Waals surface area contributed by atoms with Crippen LogP contribution in [0.4, 0.5) is 0 Å². The lowest BCUT2D eigenvalue weighted by atomic mass is 9.80. The predicted octanol–water partition coefficient (Wildman–Crippen LogP) is 4.00. The molecular formula is C12H22. The van der Waals surface area contributed by atoms with Gasteiger partial charge in [0, 0.05) is 0 Å². The minimum atomic E-state index is 1.03. The molecule has 0 aromatic heterocycles. The van der Waals surface area contributed by atoms with Crippen LogP contribution in [0.3, 0.4) is 0 Å². The summed E-state index contributed by atoms with van der Waals surface area (Å²) < 4.78 is 0. The summed E-state index contributed by atoms with van der Waals surface area (Å²) in [6.45, 7) is 2.46. The maximum Gasteiger partial charge on any atom is -0.0412 e. The van der Waals surface area contributed by atoms with Gasteiger partial charge in [-0.1, -0.05) is 51.9 Å². The van der Waals surface area contributed by atoms with E-state index in [4.69, 9.17) is 0 Å². The van der Waals surface area contributed by atoms with Gasteiger partial charge in [0.1, 0.15) is 0 Å². The minimum absolute atomic E-state index is 1.03. The molecule has 0 saturated heterocycles. The Kier molecular flexibility index (Phi) is 2.73.